The highest BCUT2D eigenvalue weighted by Gasteiger charge is 2.24. The number of amides is 1. The molecule has 1 atom stereocenters. The summed E-state index contributed by atoms with van der Waals surface area (Å²) < 4.78 is 16.6. The number of rotatable bonds is 7. The summed E-state index contributed by atoms with van der Waals surface area (Å²) in [6.07, 6.45) is 2.20. The lowest BCUT2D eigenvalue weighted by Gasteiger charge is -2.25. The number of carbonyl (C=O) groups is 1. The molecular formula is C23H26N2O4. The Bertz CT molecular complexity index is 958. The van der Waals surface area contributed by atoms with Gasteiger partial charge in [-0.1, -0.05) is 18.2 Å². The van der Waals surface area contributed by atoms with E-state index in [2.05, 4.69) is 5.32 Å². The third-order valence-electron chi connectivity index (χ3n) is 5.34. The van der Waals surface area contributed by atoms with Crippen molar-refractivity contribution in [2.24, 2.45) is 0 Å². The van der Waals surface area contributed by atoms with Gasteiger partial charge in [-0.3, -0.25) is 4.79 Å². The fourth-order valence-corrected chi connectivity index (χ4v) is 3.85. The summed E-state index contributed by atoms with van der Waals surface area (Å²) in [5.74, 6) is 1.87. The molecule has 4 rings (SSSR count). The largest absolute Gasteiger partial charge is 0.493 e. The number of carbonyl (C=O) groups excluding carboxylic acids is 1. The van der Waals surface area contributed by atoms with Gasteiger partial charge in [0.25, 0.3) is 5.91 Å². The number of hydrogen-bond donors (Lipinski definition) is 1. The molecule has 1 aliphatic heterocycles. The van der Waals surface area contributed by atoms with Crippen LogP contribution >= 0.6 is 0 Å². The topological polar surface area (TPSA) is 63.9 Å². The van der Waals surface area contributed by atoms with Crippen LogP contribution in [0.25, 0.3) is 11.0 Å². The average molecular weight is 394 g/mol. The van der Waals surface area contributed by atoms with E-state index in [-0.39, 0.29) is 5.91 Å². The van der Waals surface area contributed by atoms with Crippen molar-refractivity contribution in [2.75, 3.05) is 27.3 Å². The van der Waals surface area contributed by atoms with E-state index in [9.17, 15) is 4.79 Å². The molecule has 0 radical (unpaired) electrons. The molecule has 0 spiro atoms. The van der Waals surface area contributed by atoms with Crippen molar-refractivity contribution in [1.82, 2.24) is 10.2 Å². The summed E-state index contributed by atoms with van der Waals surface area (Å²) in [5.41, 5.74) is 1.40. The Morgan fingerprint density at radius 2 is 1.97 bits per heavy atom. The second-order valence-electron chi connectivity index (χ2n) is 7.30. The van der Waals surface area contributed by atoms with Crippen LogP contribution in [0.5, 0.6) is 11.5 Å². The van der Waals surface area contributed by atoms with E-state index in [1.807, 2.05) is 35.2 Å². The van der Waals surface area contributed by atoms with E-state index in [4.69, 9.17) is 13.9 Å². The fourth-order valence-electron chi connectivity index (χ4n) is 3.85. The normalized spacial score (nSPS) is 16.1. The summed E-state index contributed by atoms with van der Waals surface area (Å²) in [5, 5.41) is 4.52. The standard InChI is InChI=1S/C23H26N2O4/c1-27-21-10-9-17(13-22(21)28-2)23(26)25(14-18-7-5-11-24-18)15-19-12-16-6-3-4-8-20(16)29-19/h3-4,6,8-10,12-13,18,24H,5,7,11,14-15H2,1-2H3. The highest BCUT2D eigenvalue weighted by Crippen LogP contribution is 2.29. The Morgan fingerprint density at radius 3 is 2.69 bits per heavy atom. The van der Waals surface area contributed by atoms with Crippen LogP contribution in [0.4, 0.5) is 0 Å². The predicted octanol–water partition coefficient (Wildman–Crippen LogP) is 3.84. The monoisotopic (exact) mass is 394 g/mol. The molecule has 29 heavy (non-hydrogen) atoms. The number of nitrogens with zero attached hydrogens (tertiary/aromatic N) is 1. The number of para-hydroxylation sites is 1. The van der Waals surface area contributed by atoms with Gasteiger partial charge in [0.05, 0.1) is 20.8 Å². The van der Waals surface area contributed by atoms with Gasteiger partial charge in [0.1, 0.15) is 11.3 Å². The maximum absolute atomic E-state index is 13.4. The van der Waals surface area contributed by atoms with Crippen LogP contribution in [0.15, 0.2) is 52.9 Å². The molecule has 1 aliphatic rings. The first-order valence-corrected chi connectivity index (χ1v) is 9.90. The molecule has 0 saturated carbocycles. The molecule has 6 heteroatoms. The SMILES string of the molecule is COc1ccc(C(=O)N(Cc2cc3ccccc3o2)CC2CCCN2)cc1OC. The lowest BCUT2D eigenvalue weighted by Crippen LogP contribution is -2.40. The third-order valence-corrected chi connectivity index (χ3v) is 5.34. The van der Waals surface area contributed by atoms with Crippen molar-refractivity contribution in [1.29, 1.82) is 0 Å². The molecule has 6 nitrogen and oxygen atoms in total. The van der Waals surface area contributed by atoms with Gasteiger partial charge in [0, 0.05) is 23.5 Å². The number of fused-ring (bicyclic) bond motifs is 1. The zero-order valence-corrected chi connectivity index (χ0v) is 16.8. The number of ether oxygens (including phenoxy) is 2. The molecule has 152 valence electrons. The lowest BCUT2D eigenvalue weighted by molar-refractivity contribution is 0.0717. The van der Waals surface area contributed by atoms with Crippen LogP contribution in [0.2, 0.25) is 0 Å². The predicted molar refractivity (Wildman–Crippen MR) is 112 cm³/mol. The van der Waals surface area contributed by atoms with Crippen LogP contribution in [-0.2, 0) is 6.54 Å². The maximum Gasteiger partial charge on any atom is 0.254 e. The first-order chi connectivity index (χ1) is 14.2. The van der Waals surface area contributed by atoms with Crippen LogP contribution in [-0.4, -0.2) is 44.2 Å². The van der Waals surface area contributed by atoms with Crippen LogP contribution in [0.1, 0.15) is 29.0 Å². The Hall–Kier alpha value is -2.99. The van der Waals surface area contributed by atoms with Gasteiger partial charge >= 0.3 is 0 Å². The molecule has 1 fully saturated rings. The number of methoxy groups -OCH3 is 2. The smallest absolute Gasteiger partial charge is 0.254 e. The summed E-state index contributed by atoms with van der Waals surface area (Å²) in [6, 6.07) is 15.5. The molecule has 1 saturated heterocycles. The van der Waals surface area contributed by atoms with Gasteiger partial charge < -0.3 is 24.1 Å². The Labute approximate surface area is 170 Å². The van der Waals surface area contributed by atoms with Gasteiger partial charge in [-0.2, -0.15) is 0 Å². The van der Waals surface area contributed by atoms with Gasteiger partial charge in [0.2, 0.25) is 0 Å². The Morgan fingerprint density at radius 1 is 1.14 bits per heavy atom. The van der Waals surface area contributed by atoms with Gasteiger partial charge in [-0.15, -0.1) is 0 Å². The zero-order chi connectivity index (χ0) is 20.2. The van der Waals surface area contributed by atoms with Crippen LogP contribution in [0, 0.1) is 0 Å². The van der Waals surface area contributed by atoms with Crippen molar-refractivity contribution < 1.29 is 18.7 Å². The minimum Gasteiger partial charge on any atom is -0.493 e. The second kappa shape index (κ2) is 8.57. The van der Waals surface area contributed by atoms with E-state index >= 15 is 0 Å². The highest BCUT2D eigenvalue weighted by atomic mass is 16.5. The molecule has 1 unspecified atom stereocenters. The van der Waals surface area contributed by atoms with Crippen molar-refractivity contribution in [3.05, 3.63) is 59.9 Å². The van der Waals surface area contributed by atoms with Crippen LogP contribution < -0.4 is 14.8 Å². The summed E-state index contributed by atoms with van der Waals surface area (Å²) in [7, 11) is 3.15. The number of benzene rings is 2. The van der Waals surface area contributed by atoms with Gasteiger partial charge in [-0.25, -0.2) is 0 Å². The quantitative estimate of drug-likeness (QED) is 0.660. The molecule has 3 aromatic rings. The molecule has 2 heterocycles. The molecule has 1 aromatic heterocycles. The fraction of sp³-hybridized carbons (Fsp3) is 0.348. The maximum atomic E-state index is 13.4. The summed E-state index contributed by atoms with van der Waals surface area (Å²) in [6.45, 7) is 2.04. The third kappa shape index (κ3) is 4.22. The van der Waals surface area contributed by atoms with Crippen molar-refractivity contribution in [3.63, 3.8) is 0 Å². The van der Waals surface area contributed by atoms with Crippen molar-refractivity contribution >= 4 is 16.9 Å². The first kappa shape index (κ1) is 19.3. The molecule has 0 aliphatic carbocycles. The summed E-state index contributed by atoms with van der Waals surface area (Å²) in [4.78, 5) is 15.2. The first-order valence-electron chi connectivity index (χ1n) is 9.90. The highest BCUT2D eigenvalue weighted by molar-refractivity contribution is 5.95. The van der Waals surface area contributed by atoms with Crippen LogP contribution in [0.3, 0.4) is 0 Å². The zero-order valence-electron chi connectivity index (χ0n) is 16.8. The Kier molecular flexibility index (Phi) is 5.71. The Balaban J connectivity index is 1.61. The molecule has 0 bridgehead atoms. The van der Waals surface area contributed by atoms with E-state index in [1.54, 1.807) is 32.4 Å². The van der Waals surface area contributed by atoms with E-state index in [1.165, 1.54) is 0 Å². The average Bonchev–Trinajstić information content (AvgIpc) is 3.41. The number of furan rings is 1. The summed E-state index contributed by atoms with van der Waals surface area (Å²) >= 11 is 0. The van der Waals surface area contributed by atoms with E-state index in [0.717, 1.165) is 36.1 Å². The number of nitrogens with one attached hydrogen (secondary N) is 1. The molecule has 1 amide bonds. The van der Waals surface area contributed by atoms with Crippen molar-refractivity contribution in [3.8, 4) is 11.5 Å². The van der Waals surface area contributed by atoms with E-state index < -0.39 is 0 Å². The molecular weight excluding hydrogens is 368 g/mol. The second-order valence-corrected chi connectivity index (χ2v) is 7.30. The minimum atomic E-state index is -0.0555. The van der Waals surface area contributed by atoms with Crippen molar-refractivity contribution in [2.45, 2.75) is 25.4 Å². The molecule has 2 aromatic carbocycles. The van der Waals surface area contributed by atoms with Gasteiger partial charge in [0.15, 0.2) is 11.5 Å². The lowest BCUT2D eigenvalue weighted by atomic mass is 10.1. The minimum absolute atomic E-state index is 0.0555. The van der Waals surface area contributed by atoms with E-state index in [0.29, 0.717) is 36.2 Å². The van der Waals surface area contributed by atoms with Gasteiger partial charge in [-0.05, 0) is 49.7 Å². The number of hydrogen-bond acceptors (Lipinski definition) is 5. The molecule has 1 N–H and O–H groups in total.